The molecule has 0 spiro atoms. The van der Waals surface area contributed by atoms with E-state index in [1.54, 1.807) is 18.2 Å². The topological polar surface area (TPSA) is 35.8 Å². The second kappa shape index (κ2) is 7.25. The van der Waals surface area contributed by atoms with Crippen LogP contribution in [0.25, 0.3) is 0 Å². The van der Waals surface area contributed by atoms with Crippen LogP contribution >= 0.6 is 11.6 Å². The minimum Gasteiger partial charge on any atom is -0.507 e. The van der Waals surface area contributed by atoms with Gasteiger partial charge in [-0.05, 0) is 32.3 Å². The first kappa shape index (κ1) is 15.5. The smallest absolute Gasteiger partial charge is 0.125 e. The first-order valence-corrected chi connectivity index (χ1v) is 7.19. The van der Waals surface area contributed by atoms with E-state index in [1.165, 1.54) is 0 Å². The average Bonchev–Trinajstić information content (AvgIpc) is 2.47. The highest BCUT2D eigenvalue weighted by Gasteiger charge is 2.12. The highest BCUT2D eigenvalue weighted by molar-refractivity contribution is 6.31. The summed E-state index contributed by atoms with van der Waals surface area (Å²) in [5.41, 5.74) is 2.39. The van der Waals surface area contributed by atoms with Gasteiger partial charge in [0.15, 0.2) is 0 Å². The van der Waals surface area contributed by atoms with Crippen molar-refractivity contribution in [3.05, 3.63) is 64.7 Å². The largest absolute Gasteiger partial charge is 0.507 e. The molecule has 0 unspecified atom stereocenters. The third-order valence-corrected chi connectivity index (χ3v) is 3.31. The van der Waals surface area contributed by atoms with Crippen molar-refractivity contribution in [2.75, 3.05) is 27.2 Å². The molecule has 0 saturated carbocycles. The zero-order valence-corrected chi connectivity index (χ0v) is 13.0. The summed E-state index contributed by atoms with van der Waals surface area (Å²) in [7, 11) is 4.02. The summed E-state index contributed by atoms with van der Waals surface area (Å²) in [6.07, 6.45) is 0. The second-order valence-corrected chi connectivity index (χ2v) is 5.50. The normalized spacial score (nSPS) is 11.9. The van der Waals surface area contributed by atoms with E-state index < -0.39 is 0 Å². The summed E-state index contributed by atoms with van der Waals surface area (Å²) in [6.45, 7) is 1.50. The molecular weight excluding hydrogens is 284 g/mol. The first-order chi connectivity index (χ1) is 10.1. The third kappa shape index (κ3) is 4.31. The Kier molecular flexibility index (Phi) is 5.37. The molecule has 0 amide bonds. The maximum absolute atomic E-state index is 10.1. The molecule has 0 bridgehead atoms. The number of phenolic OH excluding ortho intramolecular Hbond substituents is 1. The van der Waals surface area contributed by atoms with E-state index in [4.69, 9.17) is 11.6 Å². The van der Waals surface area contributed by atoms with Gasteiger partial charge in [-0.2, -0.15) is 0 Å². The number of halogens is 1. The Balaban J connectivity index is 2.43. The predicted molar refractivity (Wildman–Crippen MR) is 88.6 cm³/mol. The lowest BCUT2D eigenvalue weighted by molar-refractivity contribution is 0.420. The fraction of sp³-hybridized carbons (Fsp3) is 0.235. The molecule has 0 heterocycles. The van der Waals surface area contributed by atoms with Crippen molar-refractivity contribution in [2.24, 2.45) is 4.99 Å². The van der Waals surface area contributed by atoms with Crippen molar-refractivity contribution in [1.29, 1.82) is 0 Å². The Morgan fingerprint density at radius 2 is 1.86 bits per heavy atom. The van der Waals surface area contributed by atoms with Gasteiger partial charge in [0.1, 0.15) is 5.75 Å². The molecule has 2 aromatic carbocycles. The summed E-state index contributed by atoms with van der Waals surface area (Å²) < 4.78 is 0. The Labute approximate surface area is 130 Å². The molecule has 0 aliphatic heterocycles. The van der Waals surface area contributed by atoms with Crippen molar-refractivity contribution in [2.45, 2.75) is 0 Å². The quantitative estimate of drug-likeness (QED) is 0.859. The molecular formula is C17H19ClN2O. The minimum atomic E-state index is 0.187. The van der Waals surface area contributed by atoms with E-state index >= 15 is 0 Å². The molecule has 21 heavy (non-hydrogen) atoms. The molecule has 0 atom stereocenters. The molecule has 4 heteroatoms. The molecule has 0 aromatic heterocycles. The summed E-state index contributed by atoms with van der Waals surface area (Å²) in [4.78, 5) is 6.74. The van der Waals surface area contributed by atoms with Crippen LogP contribution in [0.15, 0.2) is 53.5 Å². The van der Waals surface area contributed by atoms with Gasteiger partial charge in [0.2, 0.25) is 0 Å². The summed E-state index contributed by atoms with van der Waals surface area (Å²) >= 11 is 6.06. The first-order valence-electron chi connectivity index (χ1n) is 6.81. The lowest BCUT2D eigenvalue weighted by atomic mass is 10.0. The van der Waals surface area contributed by atoms with Crippen molar-refractivity contribution in [3.8, 4) is 5.75 Å². The minimum absolute atomic E-state index is 0.187. The number of nitrogens with zero attached hydrogens (tertiary/aromatic N) is 2. The van der Waals surface area contributed by atoms with Crippen molar-refractivity contribution in [1.82, 2.24) is 4.90 Å². The van der Waals surface area contributed by atoms with Crippen LogP contribution in [0.4, 0.5) is 0 Å². The summed E-state index contributed by atoms with van der Waals surface area (Å²) in [5, 5.41) is 10.7. The maximum atomic E-state index is 10.1. The van der Waals surface area contributed by atoms with Crippen molar-refractivity contribution in [3.63, 3.8) is 0 Å². The summed E-state index contributed by atoms with van der Waals surface area (Å²) in [5.74, 6) is 0.187. The molecule has 0 saturated heterocycles. The fourth-order valence-corrected chi connectivity index (χ4v) is 2.16. The van der Waals surface area contributed by atoms with E-state index in [-0.39, 0.29) is 5.75 Å². The predicted octanol–water partition coefficient (Wildman–Crippen LogP) is 3.44. The maximum Gasteiger partial charge on any atom is 0.125 e. The SMILES string of the molecule is CN(C)CCN=C(c1ccccc1)c1cc(Cl)ccc1O. The zero-order valence-electron chi connectivity index (χ0n) is 12.3. The molecule has 1 N–H and O–H groups in total. The molecule has 2 rings (SSSR count). The van der Waals surface area contributed by atoms with Gasteiger partial charge in [-0.3, -0.25) is 4.99 Å². The van der Waals surface area contributed by atoms with Crippen LogP contribution in [-0.2, 0) is 0 Å². The van der Waals surface area contributed by atoms with Crippen LogP contribution in [-0.4, -0.2) is 42.9 Å². The molecule has 2 aromatic rings. The van der Waals surface area contributed by atoms with Crippen LogP contribution < -0.4 is 0 Å². The number of likely N-dealkylation sites (N-methyl/N-ethyl adjacent to an activating group) is 1. The van der Waals surface area contributed by atoms with E-state index in [0.29, 0.717) is 17.1 Å². The lowest BCUT2D eigenvalue weighted by Crippen LogP contribution is -2.17. The van der Waals surface area contributed by atoms with Gasteiger partial charge in [0.05, 0.1) is 12.3 Å². The van der Waals surface area contributed by atoms with E-state index in [1.807, 2.05) is 44.4 Å². The van der Waals surface area contributed by atoms with Gasteiger partial charge in [-0.1, -0.05) is 41.9 Å². The van der Waals surface area contributed by atoms with Crippen LogP contribution in [0.1, 0.15) is 11.1 Å². The van der Waals surface area contributed by atoms with Crippen LogP contribution in [0.2, 0.25) is 5.02 Å². The second-order valence-electron chi connectivity index (χ2n) is 5.06. The number of aromatic hydroxyl groups is 1. The van der Waals surface area contributed by atoms with Gasteiger partial charge < -0.3 is 10.0 Å². The van der Waals surface area contributed by atoms with Gasteiger partial charge >= 0.3 is 0 Å². The van der Waals surface area contributed by atoms with Crippen molar-refractivity contribution >= 4 is 17.3 Å². The zero-order chi connectivity index (χ0) is 15.2. The van der Waals surface area contributed by atoms with Crippen LogP contribution in [0.5, 0.6) is 5.75 Å². The molecule has 110 valence electrons. The Morgan fingerprint density at radius 1 is 1.14 bits per heavy atom. The molecule has 0 fully saturated rings. The third-order valence-electron chi connectivity index (χ3n) is 3.08. The van der Waals surface area contributed by atoms with E-state index in [9.17, 15) is 5.11 Å². The van der Waals surface area contributed by atoms with Gasteiger partial charge in [-0.15, -0.1) is 0 Å². The lowest BCUT2D eigenvalue weighted by Gasteiger charge is -2.12. The highest BCUT2D eigenvalue weighted by Crippen LogP contribution is 2.25. The number of hydrogen-bond donors (Lipinski definition) is 1. The Bertz CT molecular complexity index is 624. The van der Waals surface area contributed by atoms with Crippen molar-refractivity contribution < 1.29 is 5.11 Å². The van der Waals surface area contributed by atoms with Gasteiger partial charge in [0, 0.05) is 22.7 Å². The Hall–Kier alpha value is -1.84. The molecule has 0 aliphatic carbocycles. The van der Waals surface area contributed by atoms with Crippen LogP contribution in [0.3, 0.4) is 0 Å². The molecule has 0 radical (unpaired) electrons. The fourth-order valence-electron chi connectivity index (χ4n) is 1.99. The molecule has 0 aliphatic rings. The number of phenols is 1. The average molecular weight is 303 g/mol. The summed E-state index contributed by atoms with van der Waals surface area (Å²) in [6, 6.07) is 14.8. The standard InChI is InChI=1S/C17H19ClN2O/c1-20(2)11-10-19-17(13-6-4-3-5-7-13)15-12-14(18)8-9-16(15)21/h3-9,12,21H,10-11H2,1-2H3. The van der Waals surface area contributed by atoms with E-state index in [2.05, 4.69) is 9.89 Å². The van der Waals surface area contributed by atoms with Gasteiger partial charge in [-0.25, -0.2) is 0 Å². The highest BCUT2D eigenvalue weighted by atomic mass is 35.5. The monoisotopic (exact) mass is 302 g/mol. The van der Waals surface area contributed by atoms with E-state index in [0.717, 1.165) is 17.8 Å². The molecule has 3 nitrogen and oxygen atoms in total. The number of rotatable bonds is 5. The number of hydrogen-bond acceptors (Lipinski definition) is 3. The Morgan fingerprint density at radius 3 is 2.52 bits per heavy atom. The van der Waals surface area contributed by atoms with Gasteiger partial charge in [0.25, 0.3) is 0 Å². The number of aliphatic imine (C=N–C) groups is 1. The van der Waals surface area contributed by atoms with Crippen LogP contribution in [0, 0.1) is 0 Å². The number of benzene rings is 2.